The van der Waals surface area contributed by atoms with E-state index in [1.165, 1.54) is 31.2 Å². The highest BCUT2D eigenvalue weighted by Gasteiger charge is 2.39. The second-order valence-corrected chi connectivity index (χ2v) is 12.3. The van der Waals surface area contributed by atoms with Crippen LogP contribution in [0.15, 0.2) is 24.3 Å². The molecule has 1 aliphatic carbocycles. The van der Waals surface area contributed by atoms with Gasteiger partial charge in [0.2, 0.25) is 0 Å². The van der Waals surface area contributed by atoms with Gasteiger partial charge in [-0.3, -0.25) is 4.98 Å². The maximum absolute atomic E-state index is 14.3. The molecule has 0 radical (unpaired) electrons. The van der Waals surface area contributed by atoms with E-state index >= 15 is 0 Å². The zero-order valence-corrected chi connectivity index (χ0v) is 22.8. The quantitative estimate of drug-likeness (QED) is 0.442. The fraction of sp³-hybridized carbons (Fsp3) is 0.643. The molecule has 1 unspecified atom stereocenters. The molecule has 2 N–H and O–H groups in total. The highest BCUT2D eigenvalue weighted by Crippen LogP contribution is 2.44. The smallest absolute Gasteiger partial charge is 0.420 e. The molecule has 0 saturated heterocycles. The van der Waals surface area contributed by atoms with E-state index in [4.69, 9.17) is 9.47 Å². The van der Waals surface area contributed by atoms with Crippen LogP contribution in [0.5, 0.6) is 5.75 Å². The van der Waals surface area contributed by atoms with Crippen LogP contribution in [-0.4, -0.2) is 34.5 Å². The summed E-state index contributed by atoms with van der Waals surface area (Å²) in [6, 6.07) is 5.49. The number of alkyl halides is 3. The second kappa shape index (κ2) is 10.3. The molecule has 0 spiro atoms. The van der Waals surface area contributed by atoms with Gasteiger partial charge >= 0.3 is 12.3 Å². The van der Waals surface area contributed by atoms with E-state index in [1.807, 2.05) is 0 Å². The Morgan fingerprint density at radius 2 is 1.62 bits per heavy atom. The summed E-state index contributed by atoms with van der Waals surface area (Å²) in [5.74, 6) is 0.314. The van der Waals surface area contributed by atoms with Crippen molar-refractivity contribution in [2.24, 2.45) is 11.3 Å². The van der Waals surface area contributed by atoms with Crippen molar-refractivity contribution in [3.05, 3.63) is 35.5 Å². The molecular weight excluding hydrogens is 485 g/mol. The fourth-order valence-corrected chi connectivity index (χ4v) is 4.82. The Hall–Kier alpha value is -2.55. The Kier molecular flexibility index (Phi) is 8.08. The molecule has 1 atom stereocenters. The van der Waals surface area contributed by atoms with Gasteiger partial charge in [-0.25, -0.2) is 4.79 Å². The first-order chi connectivity index (χ1) is 16.9. The van der Waals surface area contributed by atoms with E-state index in [0.717, 1.165) is 12.8 Å². The molecule has 206 valence electrons. The van der Waals surface area contributed by atoms with Gasteiger partial charge in [0.25, 0.3) is 0 Å². The third-order valence-electron chi connectivity index (χ3n) is 6.97. The second-order valence-electron chi connectivity index (χ2n) is 12.3. The van der Waals surface area contributed by atoms with Crippen LogP contribution in [0.3, 0.4) is 0 Å². The predicted octanol–water partition coefficient (Wildman–Crippen LogP) is 6.97. The molecule has 1 aliphatic rings. The minimum Gasteiger partial charge on any atom is -0.490 e. The number of nitrogens with zero attached hydrogens (tertiary/aromatic N) is 1. The number of rotatable bonds is 5. The molecule has 1 aromatic carbocycles. The number of amides is 1. The highest BCUT2D eigenvalue weighted by atomic mass is 19.4. The van der Waals surface area contributed by atoms with Crippen LogP contribution >= 0.6 is 0 Å². The monoisotopic (exact) mass is 524 g/mol. The lowest BCUT2D eigenvalue weighted by Crippen LogP contribution is -2.48. The lowest BCUT2D eigenvalue weighted by atomic mass is 9.72. The first-order valence-corrected chi connectivity index (χ1v) is 12.7. The number of aromatic nitrogens is 1. The fourth-order valence-electron chi connectivity index (χ4n) is 4.82. The topological polar surface area (TPSA) is 80.7 Å². The van der Waals surface area contributed by atoms with Crippen LogP contribution in [0, 0.1) is 11.3 Å². The number of carbonyl (C=O) groups is 1. The number of nitrogens with one attached hydrogen (secondary N) is 1. The molecule has 0 aliphatic heterocycles. The van der Waals surface area contributed by atoms with E-state index in [1.54, 1.807) is 20.8 Å². The van der Waals surface area contributed by atoms with Crippen LogP contribution in [0.1, 0.15) is 85.4 Å². The summed E-state index contributed by atoms with van der Waals surface area (Å²) in [6.45, 7) is 12.7. The molecule has 2 aromatic rings. The maximum atomic E-state index is 14.3. The summed E-state index contributed by atoms with van der Waals surface area (Å²) >= 11 is 0. The Bertz CT molecular complexity index is 1110. The molecule has 1 amide bonds. The lowest BCUT2D eigenvalue weighted by Gasteiger charge is -2.37. The number of hydrogen-bond donors (Lipinski definition) is 2. The number of fused-ring (bicyclic) bond motifs is 1. The van der Waals surface area contributed by atoms with E-state index in [-0.39, 0.29) is 33.9 Å². The number of alkyl carbamates (subject to hydrolysis) is 1. The number of benzene rings is 1. The predicted molar refractivity (Wildman–Crippen MR) is 136 cm³/mol. The van der Waals surface area contributed by atoms with Gasteiger partial charge in [-0.05, 0) is 82.9 Å². The zero-order chi connectivity index (χ0) is 27.8. The van der Waals surface area contributed by atoms with E-state index in [0.29, 0.717) is 18.8 Å². The maximum Gasteiger partial charge on any atom is 0.420 e. The highest BCUT2D eigenvalue weighted by molar-refractivity contribution is 5.85. The lowest BCUT2D eigenvalue weighted by molar-refractivity contribution is -0.138. The summed E-state index contributed by atoms with van der Waals surface area (Å²) in [7, 11) is 0. The molecule has 1 aromatic heterocycles. The first-order valence-electron chi connectivity index (χ1n) is 12.7. The largest absolute Gasteiger partial charge is 0.490 e. The Morgan fingerprint density at radius 1 is 1.00 bits per heavy atom. The number of aliphatic hydroxyl groups is 1. The molecular formula is C28H39F3N2O4. The third kappa shape index (κ3) is 7.06. The molecule has 1 fully saturated rings. The first kappa shape index (κ1) is 29.0. The minimum absolute atomic E-state index is 0.0827. The SMILES string of the molecule is CC(C)(C)OC(=O)NC(C)(CO)c1ccc2c(C(F)(F)F)c(O[C@H]3CC[C@H](C(C)(C)C)CC3)ccc2n1. The summed E-state index contributed by atoms with van der Waals surface area (Å²) in [4.78, 5) is 16.7. The summed E-state index contributed by atoms with van der Waals surface area (Å²) in [6.07, 6.45) is -2.46. The van der Waals surface area contributed by atoms with Crippen molar-refractivity contribution in [2.75, 3.05) is 6.61 Å². The number of carbonyl (C=O) groups excluding carboxylic acids is 1. The van der Waals surface area contributed by atoms with Crippen LogP contribution in [0.25, 0.3) is 10.9 Å². The van der Waals surface area contributed by atoms with Crippen molar-refractivity contribution in [1.29, 1.82) is 0 Å². The van der Waals surface area contributed by atoms with E-state index in [2.05, 4.69) is 31.1 Å². The van der Waals surface area contributed by atoms with Crippen LogP contribution < -0.4 is 10.1 Å². The zero-order valence-electron chi connectivity index (χ0n) is 22.8. The molecule has 9 heteroatoms. The van der Waals surface area contributed by atoms with Crippen LogP contribution in [0.4, 0.5) is 18.0 Å². The normalized spacial score (nSPS) is 20.8. The van der Waals surface area contributed by atoms with Crippen molar-refractivity contribution in [3.8, 4) is 5.75 Å². The van der Waals surface area contributed by atoms with Crippen molar-refractivity contribution in [3.63, 3.8) is 0 Å². The van der Waals surface area contributed by atoms with Gasteiger partial charge < -0.3 is 19.9 Å². The molecule has 1 saturated carbocycles. The third-order valence-corrected chi connectivity index (χ3v) is 6.97. The van der Waals surface area contributed by atoms with Crippen molar-refractivity contribution in [2.45, 2.75) is 97.6 Å². The van der Waals surface area contributed by atoms with Gasteiger partial charge in [0, 0.05) is 5.39 Å². The van der Waals surface area contributed by atoms with E-state index < -0.39 is 35.6 Å². The number of ether oxygens (including phenoxy) is 2. The van der Waals surface area contributed by atoms with Crippen molar-refractivity contribution in [1.82, 2.24) is 10.3 Å². The summed E-state index contributed by atoms with van der Waals surface area (Å²) in [5.41, 5.74) is -2.55. The number of hydrogen-bond acceptors (Lipinski definition) is 5. The van der Waals surface area contributed by atoms with Crippen molar-refractivity contribution < 1.29 is 32.5 Å². The van der Waals surface area contributed by atoms with Crippen LogP contribution in [0.2, 0.25) is 0 Å². The molecule has 3 rings (SSSR count). The van der Waals surface area contributed by atoms with Crippen LogP contribution in [-0.2, 0) is 16.5 Å². The molecule has 6 nitrogen and oxygen atoms in total. The molecule has 37 heavy (non-hydrogen) atoms. The Morgan fingerprint density at radius 3 is 2.14 bits per heavy atom. The summed E-state index contributed by atoms with van der Waals surface area (Å²) < 4.78 is 54.0. The average molecular weight is 525 g/mol. The Balaban J connectivity index is 1.91. The molecule has 1 heterocycles. The van der Waals surface area contributed by atoms with Gasteiger partial charge in [-0.2, -0.15) is 13.2 Å². The van der Waals surface area contributed by atoms with E-state index in [9.17, 15) is 23.1 Å². The average Bonchev–Trinajstić information content (AvgIpc) is 2.76. The van der Waals surface area contributed by atoms with Gasteiger partial charge in [-0.1, -0.05) is 26.8 Å². The van der Waals surface area contributed by atoms with Gasteiger partial charge in [0.15, 0.2) is 0 Å². The minimum atomic E-state index is -4.66. The van der Waals surface area contributed by atoms with Gasteiger partial charge in [0.1, 0.15) is 22.5 Å². The Labute approximate surface area is 216 Å². The van der Waals surface area contributed by atoms with Crippen molar-refractivity contribution >= 4 is 17.0 Å². The summed E-state index contributed by atoms with van der Waals surface area (Å²) in [5, 5.41) is 12.5. The standard InChI is InChI=1S/C28H39F3N2O4/c1-25(2,3)17-8-10-18(11-9-17)36-21-14-13-20-19(23(21)28(29,30)31)12-15-22(32-20)27(7,16-34)33-24(35)37-26(4,5)6/h12-15,17-18,34H,8-11,16H2,1-7H3,(H,33,35)/t17-,18-,27?. The number of aliphatic hydroxyl groups excluding tert-OH is 1. The number of halogens is 3. The van der Waals surface area contributed by atoms with Gasteiger partial charge in [0.05, 0.1) is 23.9 Å². The number of pyridine rings is 1. The molecule has 0 bridgehead atoms. The van der Waals surface area contributed by atoms with Gasteiger partial charge in [-0.15, -0.1) is 0 Å².